The van der Waals surface area contributed by atoms with Crippen LogP contribution in [0, 0.1) is 5.82 Å². The highest BCUT2D eigenvalue weighted by Gasteiger charge is 2.20. The van der Waals surface area contributed by atoms with Crippen LogP contribution in [0.1, 0.15) is 41.9 Å². The van der Waals surface area contributed by atoms with Gasteiger partial charge in [0.1, 0.15) is 11.6 Å². The topological polar surface area (TPSA) is 125 Å². The lowest BCUT2D eigenvalue weighted by Crippen LogP contribution is -2.37. The molecule has 2 aromatic carbocycles. The van der Waals surface area contributed by atoms with Gasteiger partial charge in [-0.3, -0.25) is 19.0 Å². The zero-order chi connectivity index (χ0) is 24.9. The lowest BCUT2D eigenvalue weighted by atomic mass is 10.1. The number of carbonyl (C=O) groups excluding carboxylic acids is 3. The number of ether oxygens (including phenoxy) is 1. The second kappa shape index (κ2) is 10.5. The number of nitrogens with two attached hydrogens (primary N) is 1. The van der Waals surface area contributed by atoms with Gasteiger partial charge >= 0.3 is 5.97 Å². The third kappa shape index (κ3) is 5.53. The van der Waals surface area contributed by atoms with Crippen LogP contribution in [0.4, 0.5) is 10.1 Å². The number of nitrogens with zero attached hydrogens (tertiary/aromatic N) is 3. The summed E-state index contributed by atoms with van der Waals surface area (Å²) in [4.78, 5) is 55.3. The van der Waals surface area contributed by atoms with Crippen LogP contribution in [0.3, 0.4) is 0 Å². The van der Waals surface area contributed by atoms with Gasteiger partial charge in [-0.1, -0.05) is 6.42 Å². The minimum absolute atomic E-state index is 0.0493. The highest BCUT2D eigenvalue weighted by Crippen LogP contribution is 2.18. The van der Waals surface area contributed by atoms with E-state index in [0.717, 1.165) is 19.3 Å². The van der Waals surface area contributed by atoms with Gasteiger partial charge < -0.3 is 15.4 Å². The Morgan fingerprint density at radius 1 is 1.09 bits per heavy atom. The molecule has 0 aliphatic carbocycles. The van der Waals surface area contributed by atoms with E-state index in [2.05, 4.69) is 4.98 Å². The third-order valence-electron chi connectivity index (χ3n) is 5.90. The van der Waals surface area contributed by atoms with Crippen LogP contribution in [0.25, 0.3) is 10.9 Å². The summed E-state index contributed by atoms with van der Waals surface area (Å²) >= 11 is 0. The number of primary amides is 1. The summed E-state index contributed by atoms with van der Waals surface area (Å²) < 4.78 is 20.2. The molecule has 10 heteroatoms. The zero-order valence-corrected chi connectivity index (χ0v) is 19.0. The number of halogens is 1. The third-order valence-corrected chi connectivity index (χ3v) is 5.90. The number of carbonyl (C=O) groups is 3. The van der Waals surface area contributed by atoms with E-state index in [-0.39, 0.29) is 24.1 Å². The minimum Gasteiger partial charge on any atom is -0.452 e. The van der Waals surface area contributed by atoms with E-state index < -0.39 is 30.2 Å². The standard InChI is InChI=1S/C25H25FN4O5/c26-17-6-8-18(9-7-17)29(13-11-21(27)31)23(32)15-35-25(34)16-5-10-19-20(14-16)28-22-4-2-1-3-12-30(22)24(19)33/h5-10,14H,1-4,11-13,15H2,(H2,27,31). The van der Waals surface area contributed by atoms with Crippen LogP contribution in [0.2, 0.25) is 0 Å². The van der Waals surface area contributed by atoms with E-state index in [9.17, 15) is 23.6 Å². The van der Waals surface area contributed by atoms with Crippen molar-refractivity contribution in [3.05, 3.63) is 70.0 Å². The van der Waals surface area contributed by atoms with Crippen LogP contribution in [-0.2, 0) is 27.3 Å². The average molecular weight is 480 g/mol. The largest absolute Gasteiger partial charge is 0.452 e. The van der Waals surface area contributed by atoms with E-state index in [4.69, 9.17) is 10.5 Å². The first-order chi connectivity index (χ1) is 16.8. The highest BCUT2D eigenvalue weighted by molar-refractivity contribution is 5.98. The number of fused-ring (bicyclic) bond motifs is 2. The van der Waals surface area contributed by atoms with Crippen molar-refractivity contribution in [1.29, 1.82) is 0 Å². The molecular weight excluding hydrogens is 455 g/mol. The molecular formula is C25H25FN4O5. The minimum atomic E-state index is -0.758. The summed E-state index contributed by atoms with van der Waals surface area (Å²) in [7, 11) is 0. The molecule has 2 heterocycles. The molecule has 0 saturated carbocycles. The van der Waals surface area contributed by atoms with Gasteiger partial charge in [0.05, 0.1) is 16.5 Å². The number of rotatable bonds is 7. The number of aromatic nitrogens is 2. The fourth-order valence-corrected chi connectivity index (χ4v) is 4.07. The number of aryl methyl sites for hydroxylation is 1. The summed E-state index contributed by atoms with van der Waals surface area (Å²) in [5.74, 6) is -1.76. The van der Waals surface area contributed by atoms with Gasteiger partial charge in [-0.25, -0.2) is 14.2 Å². The molecule has 3 aromatic rings. The van der Waals surface area contributed by atoms with Crippen molar-refractivity contribution in [1.82, 2.24) is 9.55 Å². The molecule has 4 rings (SSSR count). The van der Waals surface area contributed by atoms with E-state index >= 15 is 0 Å². The quantitative estimate of drug-likeness (QED) is 0.518. The van der Waals surface area contributed by atoms with E-state index in [1.807, 2.05) is 0 Å². The maximum Gasteiger partial charge on any atom is 0.338 e. The molecule has 0 radical (unpaired) electrons. The molecule has 2 N–H and O–H groups in total. The zero-order valence-electron chi connectivity index (χ0n) is 19.0. The predicted octanol–water partition coefficient (Wildman–Crippen LogP) is 2.33. The first-order valence-electron chi connectivity index (χ1n) is 11.4. The van der Waals surface area contributed by atoms with Crippen molar-refractivity contribution in [3.8, 4) is 0 Å². The first kappa shape index (κ1) is 24.1. The Morgan fingerprint density at radius 3 is 2.60 bits per heavy atom. The number of anilines is 1. The number of hydrogen-bond donors (Lipinski definition) is 1. The van der Waals surface area contributed by atoms with Crippen LogP contribution < -0.4 is 16.2 Å². The Bertz CT molecular complexity index is 1340. The number of amides is 2. The van der Waals surface area contributed by atoms with Gasteiger partial charge in [-0.15, -0.1) is 0 Å². The summed E-state index contributed by atoms with van der Waals surface area (Å²) in [6, 6.07) is 9.61. The van der Waals surface area contributed by atoms with Crippen molar-refractivity contribution in [2.24, 2.45) is 5.73 Å². The van der Waals surface area contributed by atoms with Crippen LogP contribution in [-0.4, -0.2) is 40.5 Å². The molecule has 35 heavy (non-hydrogen) atoms. The maximum atomic E-state index is 13.3. The Morgan fingerprint density at radius 2 is 1.86 bits per heavy atom. The van der Waals surface area contributed by atoms with Crippen LogP contribution in [0.5, 0.6) is 0 Å². The fraction of sp³-hybridized carbons (Fsp3) is 0.320. The molecule has 0 spiro atoms. The van der Waals surface area contributed by atoms with E-state index in [0.29, 0.717) is 35.4 Å². The Hall–Kier alpha value is -4.08. The van der Waals surface area contributed by atoms with Gasteiger partial charge in [0.25, 0.3) is 11.5 Å². The predicted molar refractivity (Wildman–Crippen MR) is 126 cm³/mol. The maximum absolute atomic E-state index is 13.3. The summed E-state index contributed by atoms with van der Waals surface area (Å²) in [5.41, 5.74) is 5.96. The Balaban J connectivity index is 1.50. The van der Waals surface area contributed by atoms with Crippen molar-refractivity contribution in [2.75, 3.05) is 18.1 Å². The molecule has 0 bridgehead atoms. The molecule has 0 saturated heterocycles. The molecule has 1 aromatic heterocycles. The summed E-state index contributed by atoms with van der Waals surface area (Å²) in [6.07, 6.45) is 3.47. The normalized spacial score (nSPS) is 13.1. The first-order valence-corrected chi connectivity index (χ1v) is 11.4. The molecule has 2 amide bonds. The van der Waals surface area contributed by atoms with Gasteiger partial charge in [0, 0.05) is 31.6 Å². The summed E-state index contributed by atoms with van der Waals surface area (Å²) in [6.45, 7) is -0.0249. The molecule has 9 nitrogen and oxygen atoms in total. The van der Waals surface area contributed by atoms with Crippen LogP contribution in [0.15, 0.2) is 47.3 Å². The van der Waals surface area contributed by atoms with Gasteiger partial charge in [0.15, 0.2) is 6.61 Å². The Labute approximate surface area is 200 Å². The molecule has 1 aliphatic rings. The van der Waals surface area contributed by atoms with E-state index in [1.54, 1.807) is 10.6 Å². The van der Waals surface area contributed by atoms with Gasteiger partial charge in [0.2, 0.25) is 5.91 Å². The molecule has 0 unspecified atom stereocenters. The van der Waals surface area contributed by atoms with Crippen molar-refractivity contribution in [3.63, 3.8) is 0 Å². The SMILES string of the molecule is NC(=O)CCN(C(=O)COC(=O)c1ccc2c(=O)n3c(nc2c1)CCCCC3)c1ccc(F)cc1. The molecule has 1 aliphatic heterocycles. The molecule has 0 atom stereocenters. The number of esters is 1. The van der Waals surface area contributed by atoms with Gasteiger partial charge in [-0.05, 0) is 55.3 Å². The fourth-order valence-electron chi connectivity index (χ4n) is 4.07. The monoisotopic (exact) mass is 480 g/mol. The average Bonchev–Trinajstić information content (AvgIpc) is 3.09. The lowest BCUT2D eigenvalue weighted by molar-refractivity contribution is -0.121. The number of hydrogen-bond acceptors (Lipinski definition) is 6. The second-order valence-electron chi connectivity index (χ2n) is 8.34. The van der Waals surface area contributed by atoms with Crippen molar-refractivity contribution >= 4 is 34.4 Å². The smallest absolute Gasteiger partial charge is 0.338 e. The highest BCUT2D eigenvalue weighted by atomic mass is 19.1. The summed E-state index contributed by atoms with van der Waals surface area (Å²) in [5, 5.41) is 0.414. The Kier molecular flexibility index (Phi) is 7.19. The van der Waals surface area contributed by atoms with Crippen molar-refractivity contribution in [2.45, 2.75) is 38.6 Å². The lowest BCUT2D eigenvalue weighted by Gasteiger charge is -2.22. The molecule has 182 valence electrons. The number of benzene rings is 2. The second-order valence-corrected chi connectivity index (χ2v) is 8.34. The molecule has 0 fully saturated rings. The van der Waals surface area contributed by atoms with Crippen LogP contribution >= 0.6 is 0 Å². The van der Waals surface area contributed by atoms with E-state index in [1.165, 1.54) is 41.3 Å². The van der Waals surface area contributed by atoms with Gasteiger partial charge in [-0.2, -0.15) is 0 Å². The van der Waals surface area contributed by atoms with Crippen molar-refractivity contribution < 1.29 is 23.5 Å².